The minimum atomic E-state index is -4.37. The normalized spacial score (nSPS) is 17.0. The summed E-state index contributed by atoms with van der Waals surface area (Å²) in [5.74, 6) is -0.295. The van der Waals surface area contributed by atoms with Crippen molar-refractivity contribution in [3.05, 3.63) is 52.0 Å². The van der Waals surface area contributed by atoms with E-state index in [-0.39, 0.29) is 18.5 Å². The van der Waals surface area contributed by atoms with Crippen LogP contribution in [0.3, 0.4) is 0 Å². The molecule has 9 heteroatoms. The van der Waals surface area contributed by atoms with Gasteiger partial charge in [-0.3, -0.25) is 9.69 Å². The third-order valence-electron chi connectivity index (χ3n) is 4.23. The standard InChI is InChI=1S/C17H18F3N3O2S/c18-17(19,20)13-3-1-12(2-4-13)15(23-5-7-25-8-6-23)9-21-16(24)14-10-26-11-22-14/h1-4,10-11,15H,5-9H2,(H,21,24)/t15-/m0/s1. The van der Waals surface area contributed by atoms with Crippen LogP contribution in [0.15, 0.2) is 35.2 Å². The number of amides is 1. The van der Waals surface area contributed by atoms with E-state index in [1.54, 1.807) is 10.9 Å². The number of aromatic nitrogens is 1. The van der Waals surface area contributed by atoms with Crippen LogP contribution in [-0.2, 0) is 10.9 Å². The molecule has 0 radical (unpaired) electrons. The van der Waals surface area contributed by atoms with Crippen molar-refractivity contribution >= 4 is 17.2 Å². The molecule has 5 nitrogen and oxygen atoms in total. The molecular weight excluding hydrogens is 367 g/mol. The molecule has 0 saturated carbocycles. The first-order valence-electron chi connectivity index (χ1n) is 8.10. The van der Waals surface area contributed by atoms with Crippen LogP contribution in [0.4, 0.5) is 13.2 Å². The minimum Gasteiger partial charge on any atom is -0.379 e. The van der Waals surface area contributed by atoms with Crippen molar-refractivity contribution < 1.29 is 22.7 Å². The largest absolute Gasteiger partial charge is 0.416 e. The van der Waals surface area contributed by atoms with Gasteiger partial charge in [0.1, 0.15) is 5.69 Å². The van der Waals surface area contributed by atoms with Crippen molar-refractivity contribution in [3.63, 3.8) is 0 Å². The van der Waals surface area contributed by atoms with Gasteiger partial charge in [0.05, 0.1) is 30.3 Å². The molecule has 140 valence electrons. The average Bonchev–Trinajstić information content (AvgIpc) is 3.17. The fraction of sp³-hybridized carbons (Fsp3) is 0.412. The van der Waals surface area contributed by atoms with Gasteiger partial charge in [-0.25, -0.2) is 4.98 Å². The lowest BCUT2D eigenvalue weighted by molar-refractivity contribution is -0.137. The monoisotopic (exact) mass is 385 g/mol. The van der Waals surface area contributed by atoms with Crippen LogP contribution >= 0.6 is 11.3 Å². The zero-order chi connectivity index (χ0) is 18.6. The first-order chi connectivity index (χ1) is 12.4. The molecular formula is C17H18F3N3O2S. The number of rotatable bonds is 5. The van der Waals surface area contributed by atoms with E-state index in [0.29, 0.717) is 32.0 Å². The van der Waals surface area contributed by atoms with Gasteiger partial charge in [0.15, 0.2) is 0 Å². The van der Waals surface area contributed by atoms with Gasteiger partial charge in [0.25, 0.3) is 5.91 Å². The van der Waals surface area contributed by atoms with E-state index < -0.39 is 11.7 Å². The third-order valence-corrected chi connectivity index (χ3v) is 4.82. The van der Waals surface area contributed by atoms with Gasteiger partial charge in [-0.1, -0.05) is 12.1 Å². The number of nitrogens with one attached hydrogen (secondary N) is 1. The Balaban J connectivity index is 1.75. The molecule has 2 aromatic rings. The van der Waals surface area contributed by atoms with Crippen molar-refractivity contribution in [3.8, 4) is 0 Å². The molecule has 1 aliphatic rings. The molecule has 2 heterocycles. The lowest BCUT2D eigenvalue weighted by Crippen LogP contribution is -2.43. The SMILES string of the molecule is O=C(NC[C@@H](c1ccc(C(F)(F)F)cc1)N1CCOCC1)c1cscn1. The Bertz CT molecular complexity index is 714. The number of alkyl halides is 3. The van der Waals surface area contributed by atoms with E-state index in [0.717, 1.165) is 17.7 Å². The molecule has 1 aromatic carbocycles. The number of carbonyl (C=O) groups is 1. The molecule has 1 atom stereocenters. The molecule has 26 heavy (non-hydrogen) atoms. The molecule has 1 fully saturated rings. The smallest absolute Gasteiger partial charge is 0.379 e. The summed E-state index contributed by atoms with van der Waals surface area (Å²) in [6.45, 7) is 2.69. The Morgan fingerprint density at radius 3 is 2.54 bits per heavy atom. The Morgan fingerprint density at radius 1 is 1.27 bits per heavy atom. The van der Waals surface area contributed by atoms with E-state index in [9.17, 15) is 18.0 Å². The van der Waals surface area contributed by atoms with Crippen molar-refractivity contribution in [1.29, 1.82) is 0 Å². The van der Waals surface area contributed by atoms with E-state index >= 15 is 0 Å². The number of hydrogen-bond donors (Lipinski definition) is 1. The molecule has 1 saturated heterocycles. The quantitative estimate of drug-likeness (QED) is 0.860. The number of halogens is 3. The van der Waals surface area contributed by atoms with Crippen LogP contribution < -0.4 is 5.32 Å². The highest BCUT2D eigenvalue weighted by Gasteiger charge is 2.31. The summed E-state index contributed by atoms with van der Waals surface area (Å²) >= 11 is 1.33. The molecule has 0 bridgehead atoms. The number of nitrogens with zero attached hydrogens (tertiary/aromatic N) is 2. The third kappa shape index (κ3) is 4.60. The maximum absolute atomic E-state index is 12.8. The minimum absolute atomic E-state index is 0.233. The summed E-state index contributed by atoms with van der Waals surface area (Å²) in [6.07, 6.45) is -4.37. The fourth-order valence-electron chi connectivity index (χ4n) is 2.85. The first kappa shape index (κ1) is 18.8. The molecule has 1 aliphatic heterocycles. The topological polar surface area (TPSA) is 54.5 Å². The van der Waals surface area contributed by atoms with Crippen LogP contribution in [0.1, 0.15) is 27.7 Å². The molecule has 1 N–H and O–H groups in total. The number of morpholine rings is 1. The maximum atomic E-state index is 12.8. The van der Waals surface area contributed by atoms with Gasteiger partial charge in [0, 0.05) is 25.0 Å². The Labute approximate surface area is 152 Å². The number of hydrogen-bond acceptors (Lipinski definition) is 5. The lowest BCUT2D eigenvalue weighted by atomic mass is 10.0. The zero-order valence-corrected chi connectivity index (χ0v) is 14.6. The lowest BCUT2D eigenvalue weighted by Gasteiger charge is -2.35. The Kier molecular flexibility index (Phi) is 5.90. The van der Waals surface area contributed by atoms with Crippen LogP contribution in [-0.4, -0.2) is 48.6 Å². The highest BCUT2D eigenvalue weighted by molar-refractivity contribution is 7.07. The summed E-state index contributed by atoms with van der Waals surface area (Å²) < 4.78 is 43.7. The van der Waals surface area contributed by atoms with E-state index in [2.05, 4.69) is 15.2 Å². The summed E-state index contributed by atoms with van der Waals surface area (Å²) in [5.41, 5.74) is 1.94. The Morgan fingerprint density at radius 2 is 1.96 bits per heavy atom. The van der Waals surface area contributed by atoms with Crippen molar-refractivity contribution in [1.82, 2.24) is 15.2 Å². The summed E-state index contributed by atoms with van der Waals surface area (Å²) in [6, 6.07) is 4.86. The predicted octanol–water partition coefficient (Wildman–Crippen LogP) is 2.97. The van der Waals surface area contributed by atoms with E-state index in [1.165, 1.54) is 23.5 Å². The zero-order valence-electron chi connectivity index (χ0n) is 13.8. The van der Waals surface area contributed by atoms with Crippen LogP contribution in [0.5, 0.6) is 0 Å². The molecule has 1 amide bonds. The van der Waals surface area contributed by atoms with Crippen molar-refractivity contribution in [2.45, 2.75) is 12.2 Å². The molecule has 0 unspecified atom stereocenters. The first-order valence-corrected chi connectivity index (χ1v) is 9.05. The van der Waals surface area contributed by atoms with Crippen LogP contribution in [0, 0.1) is 0 Å². The predicted molar refractivity (Wildman–Crippen MR) is 91.0 cm³/mol. The molecule has 0 aliphatic carbocycles. The summed E-state index contributed by atoms with van der Waals surface area (Å²) in [4.78, 5) is 18.2. The highest BCUT2D eigenvalue weighted by atomic mass is 32.1. The molecule has 3 rings (SSSR count). The highest BCUT2D eigenvalue weighted by Crippen LogP contribution is 2.31. The van der Waals surface area contributed by atoms with Gasteiger partial charge in [-0.05, 0) is 17.7 Å². The van der Waals surface area contributed by atoms with Gasteiger partial charge < -0.3 is 10.1 Å². The van der Waals surface area contributed by atoms with Gasteiger partial charge in [-0.2, -0.15) is 13.2 Å². The maximum Gasteiger partial charge on any atom is 0.416 e. The molecule has 1 aromatic heterocycles. The average molecular weight is 385 g/mol. The second-order valence-electron chi connectivity index (χ2n) is 5.87. The fourth-order valence-corrected chi connectivity index (χ4v) is 3.38. The number of carbonyl (C=O) groups excluding carboxylic acids is 1. The van der Waals surface area contributed by atoms with Crippen LogP contribution in [0.2, 0.25) is 0 Å². The summed E-state index contributed by atoms with van der Waals surface area (Å²) in [7, 11) is 0. The second-order valence-corrected chi connectivity index (χ2v) is 6.59. The van der Waals surface area contributed by atoms with Crippen molar-refractivity contribution in [2.24, 2.45) is 0 Å². The van der Waals surface area contributed by atoms with Gasteiger partial charge in [-0.15, -0.1) is 11.3 Å². The Hall–Kier alpha value is -1.97. The number of ether oxygens (including phenoxy) is 1. The van der Waals surface area contributed by atoms with Gasteiger partial charge in [0.2, 0.25) is 0 Å². The van der Waals surface area contributed by atoms with E-state index in [1.807, 2.05) is 0 Å². The van der Waals surface area contributed by atoms with Gasteiger partial charge >= 0.3 is 6.18 Å². The van der Waals surface area contributed by atoms with Crippen molar-refractivity contribution in [2.75, 3.05) is 32.8 Å². The molecule has 0 spiro atoms. The second kappa shape index (κ2) is 8.15. The van der Waals surface area contributed by atoms with E-state index in [4.69, 9.17) is 4.74 Å². The van der Waals surface area contributed by atoms with Crippen LogP contribution in [0.25, 0.3) is 0 Å². The summed E-state index contributed by atoms with van der Waals surface area (Å²) in [5, 5.41) is 4.48. The number of thiazole rings is 1. The number of benzene rings is 1.